The smallest absolute Gasteiger partial charge is 0.416 e. The summed E-state index contributed by atoms with van der Waals surface area (Å²) < 4.78 is 85.9. The third-order valence-electron chi connectivity index (χ3n) is 6.85. The Kier molecular flexibility index (Phi) is 8.25. The number of hydrogen-bond acceptors (Lipinski definition) is 3. The zero-order valence-electron chi connectivity index (χ0n) is 21.1. The molecule has 0 N–H and O–H groups in total. The van der Waals surface area contributed by atoms with Gasteiger partial charge in [-0.25, -0.2) is 0 Å². The van der Waals surface area contributed by atoms with Crippen LogP contribution in [0.5, 0.6) is 5.75 Å². The lowest BCUT2D eigenvalue weighted by Gasteiger charge is -2.41. The molecule has 1 aliphatic heterocycles. The van der Waals surface area contributed by atoms with Crippen molar-refractivity contribution in [3.8, 4) is 5.75 Å². The van der Waals surface area contributed by atoms with Crippen molar-refractivity contribution in [3.05, 3.63) is 101 Å². The van der Waals surface area contributed by atoms with Crippen LogP contribution in [-0.2, 0) is 18.8 Å². The Hall–Kier alpha value is -3.20. The van der Waals surface area contributed by atoms with E-state index in [0.29, 0.717) is 18.8 Å². The highest BCUT2D eigenvalue weighted by Crippen LogP contribution is 2.38. The van der Waals surface area contributed by atoms with Crippen molar-refractivity contribution in [1.29, 1.82) is 0 Å². The number of anilines is 1. The summed E-state index contributed by atoms with van der Waals surface area (Å²) in [6.45, 7) is 4.82. The van der Waals surface area contributed by atoms with E-state index in [1.54, 1.807) is 12.5 Å². The summed E-state index contributed by atoms with van der Waals surface area (Å²) in [5, 5.41) is 0. The first-order valence-electron chi connectivity index (χ1n) is 12.3. The van der Waals surface area contributed by atoms with E-state index in [0.717, 1.165) is 36.5 Å². The lowest BCUT2D eigenvalue weighted by Crippen LogP contribution is -2.48. The van der Waals surface area contributed by atoms with Gasteiger partial charge in [0.25, 0.3) is 0 Å². The predicted molar refractivity (Wildman–Crippen MR) is 135 cm³/mol. The molecule has 3 nitrogen and oxygen atoms in total. The summed E-state index contributed by atoms with van der Waals surface area (Å²) in [6.07, 6.45) is -8.07. The maximum absolute atomic E-state index is 13.4. The van der Waals surface area contributed by atoms with E-state index in [9.17, 15) is 26.3 Å². The van der Waals surface area contributed by atoms with E-state index < -0.39 is 23.5 Å². The zero-order valence-corrected chi connectivity index (χ0v) is 21.1. The summed E-state index contributed by atoms with van der Waals surface area (Å²) >= 11 is 0. The standard InChI is InChI=1S/C29H29F6N2O/c1-20-7-3-5-9-25(20)36-13-15-37(16-14-36)26(24-8-4-6-10-27(24)38-2)12-11-21-17-22(28(30,31)32)19-23(18-21)29(33,34)35/h3-10,12,17-19,26H,11,13-16H2,1-2H3. The Morgan fingerprint density at radius 2 is 1.39 bits per heavy atom. The van der Waals surface area contributed by atoms with Crippen molar-refractivity contribution in [1.82, 2.24) is 4.90 Å². The lowest BCUT2D eigenvalue weighted by molar-refractivity contribution is -0.143. The van der Waals surface area contributed by atoms with Crippen LogP contribution in [0.15, 0.2) is 66.7 Å². The van der Waals surface area contributed by atoms with Gasteiger partial charge in [-0.05, 0) is 61.2 Å². The number of rotatable bonds is 7. The number of aryl methyl sites for hydroxylation is 1. The molecule has 1 saturated heterocycles. The molecule has 1 unspecified atom stereocenters. The van der Waals surface area contributed by atoms with Gasteiger partial charge in [0.2, 0.25) is 0 Å². The minimum atomic E-state index is -4.88. The number of methoxy groups -OCH3 is 1. The first-order chi connectivity index (χ1) is 18.0. The lowest BCUT2D eigenvalue weighted by atomic mass is 9.94. The first kappa shape index (κ1) is 27.8. The molecular formula is C29H29F6N2O. The fourth-order valence-electron chi connectivity index (χ4n) is 4.93. The van der Waals surface area contributed by atoms with Gasteiger partial charge in [0.15, 0.2) is 0 Å². The van der Waals surface area contributed by atoms with Gasteiger partial charge < -0.3 is 9.64 Å². The fourth-order valence-corrected chi connectivity index (χ4v) is 4.93. The van der Waals surface area contributed by atoms with Gasteiger partial charge in [-0.15, -0.1) is 0 Å². The Morgan fingerprint density at radius 1 is 0.816 bits per heavy atom. The normalized spacial score (nSPS) is 15.9. The van der Waals surface area contributed by atoms with Crippen molar-refractivity contribution < 1.29 is 31.1 Å². The highest BCUT2D eigenvalue weighted by molar-refractivity contribution is 5.53. The van der Waals surface area contributed by atoms with Crippen LogP contribution in [0.3, 0.4) is 0 Å². The van der Waals surface area contributed by atoms with Crippen LogP contribution in [0.1, 0.15) is 33.9 Å². The molecule has 1 aliphatic rings. The average molecular weight is 536 g/mol. The Balaban J connectivity index is 1.60. The number of benzene rings is 3. The number of piperazine rings is 1. The van der Waals surface area contributed by atoms with Crippen LogP contribution in [-0.4, -0.2) is 38.2 Å². The monoisotopic (exact) mass is 535 g/mol. The van der Waals surface area contributed by atoms with Crippen molar-refractivity contribution in [2.24, 2.45) is 0 Å². The van der Waals surface area contributed by atoms with Crippen LogP contribution >= 0.6 is 0 Å². The molecule has 0 aliphatic carbocycles. The molecule has 1 atom stereocenters. The molecule has 3 aromatic rings. The molecule has 3 aromatic carbocycles. The van der Waals surface area contributed by atoms with Gasteiger partial charge in [-0.3, -0.25) is 4.90 Å². The summed E-state index contributed by atoms with van der Waals surface area (Å²) in [5.74, 6) is 0.607. The molecule has 0 spiro atoms. The van der Waals surface area contributed by atoms with Crippen molar-refractivity contribution in [2.75, 3.05) is 38.2 Å². The van der Waals surface area contributed by atoms with Gasteiger partial charge in [-0.1, -0.05) is 36.4 Å². The molecule has 0 bridgehead atoms. The summed E-state index contributed by atoms with van der Waals surface area (Å²) in [7, 11) is 1.54. The maximum Gasteiger partial charge on any atom is 0.416 e. The topological polar surface area (TPSA) is 15.7 Å². The number of ether oxygens (including phenoxy) is 1. The van der Waals surface area contributed by atoms with E-state index >= 15 is 0 Å². The molecule has 9 heteroatoms. The molecular weight excluding hydrogens is 506 g/mol. The minimum Gasteiger partial charge on any atom is -0.496 e. The second-order valence-corrected chi connectivity index (χ2v) is 9.35. The summed E-state index contributed by atoms with van der Waals surface area (Å²) in [5.41, 5.74) is 0.452. The van der Waals surface area contributed by atoms with Crippen LogP contribution in [0.2, 0.25) is 0 Å². The second-order valence-electron chi connectivity index (χ2n) is 9.35. The molecule has 0 amide bonds. The van der Waals surface area contributed by atoms with E-state index in [4.69, 9.17) is 4.74 Å². The average Bonchev–Trinajstić information content (AvgIpc) is 2.88. The van der Waals surface area contributed by atoms with Gasteiger partial charge >= 0.3 is 12.4 Å². The van der Waals surface area contributed by atoms with Crippen LogP contribution in [0, 0.1) is 13.3 Å². The predicted octanol–water partition coefficient (Wildman–Crippen LogP) is 7.35. The van der Waals surface area contributed by atoms with Crippen molar-refractivity contribution in [3.63, 3.8) is 0 Å². The third-order valence-corrected chi connectivity index (χ3v) is 6.85. The third kappa shape index (κ3) is 6.43. The van der Waals surface area contributed by atoms with E-state index in [1.165, 1.54) is 12.7 Å². The van der Waals surface area contributed by atoms with E-state index in [1.807, 2.05) is 30.3 Å². The van der Waals surface area contributed by atoms with Gasteiger partial charge in [0.1, 0.15) is 5.75 Å². The van der Waals surface area contributed by atoms with E-state index in [-0.39, 0.29) is 24.1 Å². The summed E-state index contributed by atoms with van der Waals surface area (Å²) in [6, 6.07) is 16.8. The minimum absolute atomic E-state index is 0.0504. The van der Waals surface area contributed by atoms with Crippen molar-refractivity contribution in [2.45, 2.75) is 31.7 Å². The SMILES string of the molecule is COc1ccccc1C([CH]Cc1cc(C(F)(F)F)cc(C(F)(F)F)c1)N1CCN(c2ccccc2C)CC1. The largest absolute Gasteiger partial charge is 0.496 e. The van der Waals surface area contributed by atoms with Gasteiger partial charge in [0.05, 0.1) is 18.2 Å². The first-order valence-corrected chi connectivity index (χ1v) is 12.3. The number of alkyl halides is 6. The molecule has 0 saturated carbocycles. The number of nitrogens with zero attached hydrogens (tertiary/aromatic N) is 2. The molecule has 1 fully saturated rings. The highest BCUT2D eigenvalue weighted by Gasteiger charge is 2.37. The van der Waals surface area contributed by atoms with Crippen LogP contribution < -0.4 is 9.64 Å². The van der Waals surface area contributed by atoms with Gasteiger partial charge in [-0.2, -0.15) is 26.3 Å². The Labute approximate surface area is 218 Å². The maximum atomic E-state index is 13.4. The second kappa shape index (κ2) is 11.3. The number of halogens is 6. The molecule has 0 aromatic heterocycles. The molecule has 4 rings (SSSR count). The zero-order chi connectivity index (χ0) is 27.5. The van der Waals surface area contributed by atoms with Crippen molar-refractivity contribution >= 4 is 5.69 Å². The van der Waals surface area contributed by atoms with E-state index in [2.05, 4.69) is 28.9 Å². The highest BCUT2D eigenvalue weighted by atomic mass is 19.4. The van der Waals surface area contributed by atoms with Crippen LogP contribution in [0.25, 0.3) is 0 Å². The van der Waals surface area contributed by atoms with Crippen LogP contribution in [0.4, 0.5) is 32.0 Å². The molecule has 1 radical (unpaired) electrons. The molecule has 38 heavy (non-hydrogen) atoms. The number of para-hydroxylation sites is 2. The quantitative estimate of drug-likeness (QED) is 0.294. The Morgan fingerprint density at radius 3 is 1.97 bits per heavy atom. The fraction of sp³-hybridized carbons (Fsp3) is 0.345. The summed E-state index contributed by atoms with van der Waals surface area (Å²) in [4.78, 5) is 4.47. The van der Waals surface area contributed by atoms with Gasteiger partial charge in [0, 0.05) is 43.5 Å². The Bertz CT molecular complexity index is 1200. The number of hydrogen-bond donors (Lipinski definition) is 0. The molecule has 1 heterocycles. The molecule has 203 valence electrons.